The first-order valence-electron chi connectivity index (χ1n) is 3.44. The molecule has 15 heavy (non-hydrogen) atoms. The zero-order valence-electron chi connectivity index (χ0n) is 6.75. The predicted molar refractivity (Wildman–Crippen MR) is 54.6 cm³/mol. The molecule has 0 aliphatic carbocycles. The van der Waals surface area contributed by atoms with E-state index in [1.54, 1.807) is 0 Å². The number of hydrogen-bond donors (Lipinski definition) is 0. The Balaban J connectivity index is 3.42. The second kappa shape index (κ2) is 4.48. The minimum atomic E-state index is -4.73. The molecule has 0 atom stereocenters. The molecule has 0 aliphatic rings. The van der Waals surface area contributed by atoms with Crippen molar-refractivity contribution in [2.24, 2.45) is 0 Å². The molecule has 0 saturated carbocycles. The van der Waals surface area contributed by atoms with E-state index in [0.717, 1.165) is 6.07 Å². The zero-order valence-corrected chi connectivity index (χ0v) is 10.5. The number of rotatable bonds is 1. The molecule has 0 spiro atoms. The summed E-state index contributed by atoms with van der Waals surface area (Å²) in [5, 5.41) is 0. The summed E-state index contributed by atoms with van der Waals surface area (Å²) >= 11 is 3.87. The van der Waals surface area contributed by atoms with Crippen LogP contribution in [0.2, 0.25) is 0 Å². The Morgan fingerprint density at radius 3 is 2.27 bits per heavy atom. The Morgan fingerprint density at radius 2 is 1.87 bits per heavy atom. The van der Waals surface area contributed by atoms with E-state index in [1.807, 2.05) is 0 Å². The first-order valence-corrected chi connectivity index (χ1v) is 5.32. The lowest BCUT2D eigenvalue weighted by Crippen LogP contribution is -2.12. The van der Waals surface area contributed by atoms with E-state index in [2.05, 4.69) is 20.9 Å². The molecule has 0 aliphatic heterocycles. The molecule has 1 heterocycles. The maximum Gasteiger partial charge on any atom is 0.434 e. The Morgan fingerprint density at radius 1 is 1.33 bits per heavy atom. The van der Waals surface area contributed by atoms with Gasteiger partial charge in [0.1, 0.15) is 4.60 Å². The van der Waals surface area contributed by atoms with E-state index in [9.17, 15) is 22.0 Å². The van der Waals surface area contributed by atoms with Gasteiger partial charge in [0.25, 0.3) is 6.43 Å². The second-order valence-electron chi connectivity index (χ2n) is 2.50. The number of alkyl halides is 5. The molecule has 0 amide bonds. The molecule has 1 nitrogen and oxygen atoms in total. The summed E-state index contributed by atoms with van der Waals surface area (Å²) in [6.07, 6.45) is -7.69. The number of hydrogen-bond acceptors (Lipinski definition) is 1. The monoisotopic (exact) mass is 401 g/mol. The fraction of sp³-hybridized carbons (Fsp3) is 0.286. The standard InChI is InChI=1S/C7H2BrF5IN/c8-3-1-2(6(9)10)4(14)5(15-3)7(11,12)13/h1,6H. The fourth-order valence-corrected chi connectivity index (χ4v) is 2.10. The molecule has 1 aromatic heterocycles. The zero-order chi connectivity index (χ0) is 11.8. The first-order chi connectivity index (χ1) is 6.73. The number of pyridine rings is 1. The molecular weight excluding hydrogens is 400 g/mol. The van der Waals surface area contributed by atoms with Gasteiger partial charge in [-0.25, -0.2) is 13.8 Å². The molecule has 0 fully saturated rings. The third-order valence-electron chi connectivity index (χ3n) is 1.46. The summed E-state index contributed by atoms with van der Waals surface area (Å²) in [6.45, 7) is 0. The maximum absolute atomic E-state index is 12.4. The minimum absolute atomic E-state index is 0.259. The van der Waals surface area contributed by atoms with Crippen molar-refractivity contribution in [2.45, 2.75) is 12.6 Å². The van der Waals surface area contributed by atoms with Crippen molar-refractivity contribution in [1.29, 1.82) is 0 Å². The highest BCUT2D eigenvalue weighted by molar-refractivity contribution is 14.1. The smallest absolute Gasteiger partial charge is 0.235 e. The lowest BCUT2D eigenvalue weighted by Gasteiger charge is -2.11. The van der Waals surface area contributed by atoms with Crippen molar-refractivity contribution < 1.29 is 22.0 Å². The third kappa shape index (κ3) is 2.99. The predicted octanol–water partition coefficient (Wildman–Crippen LogP) is 4.41. The normalized spacial score (nSPS) is 12.3. The minimum Gasteiger partial charge on any atom is -0.235 e. The van der Waals surface area contributed by atoms with Gasteiger partial charge < -0.3 is 0 Å². The fourth-order valence-electron chi connectivity index (χ4n) is 0.863. The summed E-state index contributed by atoms with van der Waals surface area (Å²) in [5.74, 6) is 0. The highest BCUT2D eigenvalue weighted by atomic mass is 127. The third-order valence-corrected chi connectivity index (χ3v) is 3.00. The average molecular weight is 402 g/mol. The van der Waals surface area contributed by atoms with Crippen LogP contribution in [-0.4, -0.2) is 4.98 Å². The molecule has 0 saturated heterocycles. The van der Waals surface area contributed by atoms with Gasteiger partial charge in [-0.15, -0.1) is 0 Å². The topological polar surface area (TPSA) is 12.9 Å². The van der Waals surface area contributed by atoms with Crippen molar-refractivity contribution >= 4 is 38.5 Å². The van der Waals surface area contributed by atoms with Crippen LogP contribution in [0.3, 0.4) is 0 Å². The van der Waals surface area contributed by atoms with Crippen molar-refractivity contribution in [3.8, 4) is 0 Å². The van der Waals surface area contributed by atoms with E-state index < -0.39 is 27.4 Å². The molecule has 0 radical (unpaired) electrons. The summed E-state index contributed by atoms with van der Waals surface area (Å²) in [7, 11) is 0. The van der Waals surface area contributed by atoms with Crippen LogP contribution in [0.1, 0.15) is 17.7 Å². The summed E-state index contributed by atoms with van der Waals surface area (Å²) in [4.78, 5) is 3.14. The summed E-state index contributed by atoms with van der Waals surface area (Å²) < 4.78 is 60.9. The molecule has 84 valence electrons. The van der Waals surface area contributed by atoms with Crippen LogP contribution in [0.15, 0.2) is 10.7 Å². The Kier molecular flexibility index (Phi) is 3.90. The second-order valence-corrected chi connectivity index (χ2v) is 4.39. The Bertz CT molecular complexity index is 378. The molecule has 8 heteroatoms. The van der Waals surface area contributed by atoms with E-state index in [4.69, 9.17) is 0 Å². The van der Waals surface area contributed by atoms with Crippen LogP contribution in [0.5, 0.6) is 0 Å². The molecule has 1 rings (SSSR count). The van der Waals surface area contributed by atoms with Gasteiger partial charge in [-0.3, -0.25) is 0 Å². The molecule has 0 unspecified atom stereocenters. The van der Waals surface area contributed by atoms with Gasteiger partial charge in [0.15, 0.2) is 5.69 Å². The van der Waals surface area contributed by atoms with Gasteiger partial charge in [0.2, 0.25) is 0 Å². The number of aromatic nitrogens is 1. The highest BCUT2D eigenvalue weighted by Crippen LogP contribution is 2.36. The summed E-state index contributed by atoms with van der Waals surface area (Å²) in [6, 6.07) is 0.877. The first kappa shape index (κ1) is 13.1. The van der Waals surface area contributed by atoms with Gasteiger partial charge in [-0.1, -0.05) is 0 Å². The van der Waals surface area contributed by atoms with Gasteiger partial charge >= 0.3 is 6.18 Å². The van der Waals surface area contributed by atoms with Gasteiger partial charge in [0, 0.05) is 5.56 Å². The Labute approximate surface area is 103 Å². The van der Waals surface area contributed by atoms with E-state index in [0.29, 0.717) is 0 Å². The van der Waals surface area contributed by atoms with Crippen molar-refractivity contribution in [3.05, 3.63) is 25.5 Å². The van der Waals surface area contributed by atoms with E-state index in [-0.39, 0.29) is 4.60 Å². The molecular formula is C7H2BrF5IN. The van der Waals surface area contributed by atoms with Crippen LogP contribution >= 0.6 is 38.5 Å². The van der Waals surface area contributed by atoms with Crippen molar-refractivity contribution in [3.63, 3.8) is 0 Å². The molecule has 0 aromatic carbocycles. The van der Waals surface area contributed by atoms with E-state index >= 15 is 0 Å². The Hall–Kier alpha value is 0.01000. The maximum atomic E-state index is 12.4. The average Bonchev–Trinajstić information content (AvgIpc) is 2.06. The largest absolute Gasteiger partial charge is 0.434 e. The SMILES string of the molecule is FC(F)c1cc(Br)nc(C(F)(F)F)c1I. The quantitative estimate of drug-likeness (QED) is 0.386. The van der Waals surface area contributed by atoms with Crippen LogP contribution in [0, 0.1) is 3.57 Å². The van der Waals surface area contributed by atoms with Crippen LogP contribution in [0.4, 0.5) is 22.0 Å². The van der Waals surface area contributed by atoms with Gasteiger partial charge in [-0.2, -0.15) is 13.2 Å². The van der Waals surface area contributed by atoms with Crippen LogP contribution in [-0.2, 0) is 6.18 Å². The summed E-state index contributed by atoms with van der Waals surface area (Å²) in [5.41, 5.74) is -1.97. The van der Waals surface area contributed by atoms with E-state index in [1.165, 1.54) is 22.6 Å². The van der Waals surface area contributed by atoms with Gasteiger partial charge in [0.05, 0.1) is 3.57 Å². The van der Waals surface area contributed by atoms with Crippen molar-refractivity contribution in [2.75, 3.05) is 0 Å². The highest BCUT2D eigenvalue weighted by Gasteiger charge is 2.37. The van der Waals surface area contributed by atoms with Gasteiger partial charge in [-0.05, 0) is 44.6 Å². The van der Waals surface area contributed by atoms with Crippen LogP contribution in [0.25, 0.3) is 0 Å². The lowest BCUT2D eigenvalue weighted by atomic mass is 10.2. The molecule has 1 aromatic rings. The van der Waals surface area contributed by atoms with Crippen molar-refractivity contribution in [1.82, 2.24) is 4.98 Å². The molecule has 0 bridgehead atoms. The number of nitrogens with zero attached hydrogens (tertiary/aromatic N) is 1. The molecule has 0 N–H and O–H groups in total. The van der Waals surface area contributed by atoms with Crippen LogP contribution < -0.4 is 0 Å². The lowest BCUT2D eigenvalue weighted by molar-refractivity contribution is -0.142. The number of halogens is 7.